The summed E-state index contributed by atoms with van der Waals surface area (Å²) in [6, 6.07) is 0. The van der Waals surface area contributed by atoms with E-state index in [1.807, 2.05) is 14.0 Å². The molecule has 0 amide bonds. The lowest BCUT2D eigenvalue weighted by molar-refractivity contribution is -0.143. The summed E-state index contributed by atoms with van der Waals surface area (Å²) in [4.78, 5) is 18.1. The van der Waals surface area contributed by atoms with Crippen LogP contribution in [0.3, 0.4) is 0 Å². The number of aliphatic imine (C=N–C) groups is 1. The van der Waals surface area contributed by atoms with Crippen LogP contribution in [-0.4, -0.2) is 50.1 Å². The van der Waals surface area contributed by atoms with Crippen molar-refractivity contribution in [1.29, 1.82) is 0 Å². The monoisotopic (exact) mass is 451 g/mol. The second kappa shape index (κ2) is 11.2. The number of carbonyl (C=O) groups is 1. The Hall–Kier alpha value is -0.530. The highest BCUT2D eigenvalue weighted by molar-refractivity contribution is 14.0. The predicted octanol–water partition coefficient (Wildman–Crippen LogP) is 3.57. The Morgan fingerprint density at radius 3 is 2.54 bits per heavy atom. The summed E-state index contributed by atoms with van der Waals surface area (Å²) < 4.78 is 4.93. The summed E-state index contributed by atoms with van der Waals surface area (Å²) in [6.45, 7) is 5.64. The summed E-state index contributed by atoms with van der Waals surface area (Å²) in [5.74, 6) is 1.00. The molecule has 0 aromatic rings. The Morgan fingerprint density at radius 2 is 1.96 bits per heavy atom. The number of nitrogens with zero attached hydrogens (tertiary/aromatic N) is 2. The Morgan fingerprint density at radius 1 is 1.21 bits per heavy atom. The summed E-state index contributed by atoms with van der Waals surface area (Å²) in [7, 11) is 1.88. The fraction of sp³-hybridized carbons (Fsp3) is 0.889. The third-order valence-corrected chi connectivity index (χ3v) is 5.26. The van der Waals surface area contributed by atoms with Gasteiger partial charge in [-0.05, 0) is 44.4 Å². The Kier molecular flexibility index (Phi) is 10.0. The van der Waals surface area contributed by atoms with Crippen molar-refractivity contribution in [3.05, 3.63) is 0 Å². The maximum Gasteiger partial charge on any atom is 0.305 e. The standard InChI is InChI=1S/C18H33N3O2.HI/c1-3-23-16(22)9-6-4-5-7-13-20-17(19-2)21-14-12-18(15-21)10-8-11-18;/h3-15H2,1-2H3,(H,19,20);1H. The van der Waals surface area contributed by atoms with Crippen LogP contribution in [0, 0.1) is 5.41 Å². The van der Waals surface area contributed by atoms with Gasteiger partial charge in [-0.25, -0.2) is 0 Å². The molecule has 1 saturated heterocycles. The molecule has 6 heteroatoms. The van der Waals surface area contributed by atoms with Gasteiger partial charge in [0.15, 0.2) is 5.96 Å². The van der Waals surface area contributed by atoms with Crippen LogP contribution in [-0.2, 0) is 9.53 Å². The smallest absolute Gasteiger partial charge is 0.305 e. The summed E-state index contributed by atoms with van der Waals surface area (Å²) in [5, 5.41) is 3.50. The lowest BCUT2D eigenvalue weighted by Crippen LogP contribution is -2.42. The number of rotatable bonds is 8. The van der Waals surface area contributed by atoms with Crippen molar-refractivity contribution in [2.75, 3.05) is 33.3 Å². The molecule has 1 heterocycles. The number of esters is 1. The van der Waals surface area contributed by atoms with Crippen molar-refractivity contribution in [1.82, 2.24) is 10.2 Å². The molecule has 1 aliphatic carbocycles. The van der Waals surface area contributed by atoms with Gasteiger partial charge in [0.05, 0.1) is 6.61 Å². The van der Waals surface area contributed by atoms with Gasteiger partial charge in [-0.3, -0.25) is 9.79 Å². The Bertz CT molecular complexity index is 411. The molecule has 140 valence electrons. The Labute approximate surface area is 164 Å². The fourth-order valence-corrected chi connectivity index (χ4v) is 3.71. The normalized spacial score (nSPS) is 18.9. The van der Waals surface area contributed by atoms with Crippen molar-refractivity contribution >= 4 is 35.9 Å². The molecule has 2 rings (SSSR count). The molecule has 1 saturated carbocycles. The predicted molar refractivity (Wildman–Crippen MR) is 109 cm³/mol. The van der Waals surface area contributed by atoms with Gasteiger partial charge < -0.3 is 15.0 Å². The zero-order valence-corrected chi connectivity index (χ0v) is 17.6. The minimum atomic E-state index is -0.0648. The van der Waals surface area contributed by atoms with Gasteiger partial charge in [-0.1, -0.05) is 19.3 Å². The van der Waals surface area contributed by atoms with E-state index in [2.05, 4.69) is 15.2 Å². The van der Waals surface area contributed by atoms with E-state index in [0.29, 0.717) is 18.4 Å². The van der Waals surface area contributed by atoms with Crippen molar-refractivity contribution in [2.45, 2.75) is 64.7 Å². The molecule has 1 N–H and O–H groups in total. The van der Waals surface area contributed by atoms with Crippen LogP contribution < -0.4 is 5.32 Å². The molecular weight excluding hydrogens is 417 g/mol. The van der Waals surface area contributed by atoms with Gasteiger partial charge >= 0.3 is 5.97 Å². The number of hydrogen-bond acceptors (Lipinski definition) is 3. The average Bonchev–Trinajstić information content (AvgIpc) is 2.96. The van der Waals surface area contributed by atoms with Crippen LogP contribution in [0.2, 0.25) is 0 Å². The lowest BCUT2D eigenvalue weighted by Gasteiger charge is -2.38. The van der Waals surface area contributed by atoms with Crippen LogP contribution in [0.4, 0.5) is 0 Å². The first-order valence-corrected chi connectivity index (χ1v) is 9.30. The van der Waals surface area contributed by atoms with E-state index in [9.17, 15) is 4.79 Å². The fourth-order valence-electron chi connectivity index (χ4n) is 3.71. The first kappa shape index (κ1) is 21.5. The zero-order chi connectivity index (χ0) is 16.5. The van der Waals surface area contributed by atoms with E-state index < -0.39 is 0 Å². The average molecular weight is 451 g/mol. The molecule has 0 unspecified atom stereocenters. The van der Waals surface area contributed by atoms with Crippen LogP contribution in [0.15, 0.2) is 4.99 Å². The number of unbranched alkanes of at least 4 members (excludes halogenated alkanes) is 3. The summed E-state index contributed by atoms with van der Waals surface area (Å²) in [6.07, 6.45) is 10.4. The quantitative estimate of drug-likeness (QED) is 0.202. The number of likely N-dealkylation sites (tertiary alicyclic amines) is 1. The van der Waals surface area contributed by atoms with Crippen LogP contribution in [0.25, 0.3) is 0 Å². The van der Waals surface area contributed by atoms with Crippen molar-refractivity contribution < 1.29 is 9.53 Å². The van der Waals surface area contributed by atoms with Crippen molar-refractivity contribution in [2.24, 2.45) is 10.4 Å². The maximum absolute atomic E-state index is 11.2. The second-order valence-electron chi connectivity index (χ2n) is 6.97. The van der Waals surface area contributed by atoms with E-state index in [-0.39, 0.29) is 29.9 Å². The van der Waals surface area contributed by atoms with E-state index in [1.165, 1.54) is 32.2 Å². The summed E-state index contributed by atoms with van der Waals surface area (Å²) in [5.41, 5.74) is 0.616. The third kappa shape index (κ3) is 6.41. The molecule has 5 nitrogen and oxygen atoms in total. The van der Waals surface area contributed by atoms with Crippen LogP contribution in [0.1, 0.15) is 64.7 Å². The van der Waals surface area contributed by atoms with E-state index in [4.69, 9.17) is 4.74 Å². The number of nitrogens with one attached hydrogen (secondary N) is 1. The molecule has 1 aliphatic heterocycles. The van der Waals surface area contributed by atoms with E-state index in [0.717, 1.165) is 44.7 Å². The first-order chi connectivity index (χ1) is 11.2. The van der Waals surface area contributed by atoms with Gasteiger partial charge in [0.1, 0.15) is 0 Å². The van der Waals surface area contributed by atoms with Crippen LogP contribution in [0.5, 0.6) is 0 Å². The molecule has 1 spiro atoms. The highest BCUT2D eigenvalue weighted by atomic mass is 127. The minimum Gasteiger partial charge on any atom is -0.466 e. The molecule has 0 radical (unpaired) electrons. The van der Waals surface area contributed by atoms with Gasteiger partial charge in [-0.2, -0.15) is 0 Å². The summed E-state index contributed by atoms with van der Waals surface area (Å²) >= 11 is 0. The molecule has 2 fully saturated rings. The van der Waals surface area contributed by atoms with Crippen molar-refractivity contribution in [3.63, 3.8) is 0 Å². The minimum absolute atomic E-state index is 0. The third-order valence-electron chi connectivity index (χ3n) is 5.26. The number of halogens is 1. The SMILES string of the molecule is CCOC(=O)CCCCCCNC(=NC)N1CCC2(CCC2)C1.I. The molecule has 0 aromatic carbocycles. The molecule has 2 aliphatic rings. The largest absolute Gasteiger partial charge is 0.466 e. The van der Waals surface area contributed by atoms with Gasteiger partial charge in [0.25, 0.3) is 0 Å². The topological polar surface area (TPSA) is 53.9 Å². The number of guanidine groups is 1. The highest BCUT2D eigenvalue weighted by Crippen LogP contribution is 2.47. The Balaban J connectivity index is 0.00000288. The lowest BCUT2D eigenvalue weighted by atomic mass is 9.68. The maximum atomic E-state index is 11.2. The van der Waals surface area contributed by atoms with Gasteiger partial charge in [0, 0.05) is 33.1 Å². The van der Waals surface area contributed by atoms with Crippen LogP contribution >= 0.6 is 24.0 Å². The van der Waals surface area contributed by atoms with Crippen molar-refractivity contribution in [3.8, 4) is 0 Å². The molecule has 0 aromatic heterocycles. The number of carbonyl (C=O) groups excluding carboxylic acids is 1. The first-order valence-electron chi connectivity index (χ1n) is 9.30. The van der Waals surface area contributed by atoms with E-state index in [1.54, 1.807) is 0 Å². The zero-order valence-electron chi connectivity index (χ0n) is 15.3. The molecule has 0 bridgehead atoms. The van der Waals surface area contributed by atoms with Gasteiger partial charge in [0.2, 0.25) is 0 Å². The molecule has 24 heavy (non-hydrogen) atoms. The molecule has 0 atom stereocenters. The second-order valence-corrected chi connectivity index (χ2v) is 6.97. The number of ether oxygens (including phenoxy) is 1. The molecular formula is C18H34IN3O2. The van der Waals surface area contributed by atoms with Gasteiger partial charge in [-0.15, -0.1) is 24.0 Å². The van der Waals surface area contributed by atoms with E-state index >= 15 is 0 Å². The number of hydrogen-bond donors (Lipinski definition) is 1. The highest BCUT2D eigenvalue weighted by Gasteiger charge is 2.43.